The van der Waals surface area contributed by atoms with Crippen LogP contribution in [0.5, 0.6) is 0 Å². The van der Waals surface area contributed by atoms with Gasteiger partial charge in [-0.3, -0.25) is 4.79 Å². The molecule has 1 aromatic carbocycles. The molecule has 0 aliphatic carbocycles. The minimum absolute atomic E-state index is 0.0509. The van der Waals surface area contributed by atoms with Gasteiger partial charge in [0.15, 0.2) is 0 Å². The molecule has 0 aromatic heterocycles. The summed E-state index contributed by atoms with van der Waals surface area (Å²) in [5.74, 6) is 0.0509. The quantitative estimate of drug-likeness (QED) is 0.835. The van der Waals surface area contributed by atoms with Gasteiger partial charge in [0.05, 0.1) is 0 Å². The van der Waals surface area contributed by atoms with Gasteiger partial charge in [-0.2, -0.15) is 0 Å². The van der Waals surface area contributed by atoms with Crippen LogP contribution in [0.4, 0.5) is 11.4 Å². The molecule has 0 heterocycles. The van der Waals surface area contributed by atoms with Gasteiger partial charge in [0.2, 0.25) is 5.91 Å². The van der Waals surface area contributed by atoms with Crippen LogP contribution in [-0.2, 0) is 4.79 Å². The van der Waals surface area contributed by atoms with Gasteiger partial charge in [0, 0.05) is 24.3 Å². The number of benzene rings is 1. The van der Waals surface area contributed by atoms with Gasteiger partial charge in [0.1, 0.15) is 0 Å². The molecule has 1 amide bonds. The smallest absolute Gasteiger partial charge is 0.224 e. The van der Waals surface area contributed by atoms with Gasteiger partial charge < -0.3 is 10.6 Å². The summed E-state index contributed by atoms with van der Waals surface area (Å²) in [7, 11) is 0. The highest BCUT2D eigenvalue weighted by molar-refractivity contribution is 5.92. The standard InChI is InChI=1S/C16H26N2O/c1-6-15(19)18-14-9-7-8-13(12(14)2)17-11-10-16(3,4)5/h7-9,17H,6,10-11H2,1-5H3,(H,18,19). The lowest BCUT2D eigenvalue weighted by Gasteiger charge is -2.20. The van der Waals surface area contributed by atoms with E-state index in [1.165, 1.54) is 0 Å². The van der Waals surface area contributed by atoms with Crippen LogP contribution in [-0.4, -0.2) is 12.5 Å². The molecule has 1 aromatic rings. The number of nitrogens with one attached hydrogen (secondary N) is 2. The Bertz CT molecular complexity index is 433. The monoisotopic (exact) mass is 262 g/mol. The lowest BCUT2D eigenvalue weighted by molar-refractivity contribution is -0.115. The topological polar surface area (TPSA) is 41.1 Å². The molecule has 0 radical (unpaired) electrons. The van der Waals surface area contributed by atoms with E-state index in [9.17, 15) is 4.79 Å². The number of anilines is 2. The number of carbonyl (C=O) groups is 1. The fourth-order valence-electron chi connectivity index (χ4n) is 1.77. The zero-order chi connectivity index (χ0) is 14.5. The van der Waals surface area contributed by atoms with Crippen LogP contribution in [0.2, 0.25) is 0 Å². The summed E-state index contributed by atoms with van der Waals surface area (Å²) < 4.78 is 0. The van der Waals surface area contributed by atoms with Crippen molar-refractivity contribution < 1.29 is 4.79 Å². The van der Waals surface area contributed by atoms with Crippen molar-refractivity contribution in [1.29, 1.82) is 0 Å². The molecule has 0 saturated carbocycles. The van der Waals surface area contributed by atoms with Crippen molar-refractivity contribution in [3.63, 3.8) is 0 Å². The third-order valence-corrected chi connectivity index (χ3v) is 3.12. The minimum atomic E-state index is 0.0509. The minimum Gasteiger partial charge on any atom is -0.385 e. The van der Waals surface area contributed by atoms with Crippen molar-refractivity contribution in [2.45, 2.75) is 47.5 Å². The Morgan fingerprint density at radius 2 is 1.84 bits per heavy atom. The number of amides is 1. The predicted octanol–water partition coefficient (Wildman–Crippen LogP) is 4.19. The normalized spacial score (nSPS) is 11.2. The number of hydrogen-bond acceptors (Lipinski definition) is 2. The van der Waals surface area contributed by atoms with Crippen LogP contribution in [0.25, 0.3) is 0 Å². The zero-order valence-electron chi connectivity index (χ0n) is 12.8. The summed E-state index contributed by atoms with van der Waals surface area (Å²) in [6, 6.07) is 5.97. The molecule has 19 heavy (non-hydrogen) atoms. The molecule has 0 atom stereocenters. The van der Waals surface area contributed by atoms with Gasteiger partial charge in [-0.15, -0.1) is 0 Å². The molecular weight excluding hydrogens is 236 g/mol. The maximum atomic E-state index is 11.5. The van der Waals surface area contributed by atoms with Crippen LogP contribution in [0, 0.1) is 12.3 Å². The highest BCUT2D eigenvalue weighted by Crippen LogP contribution is 2.24. The first-order valence-corrected chi connectivity index (χ1v) is 6.97. The summed E-state index contributed by atoms with van der Waals surface area (Å²) in [6.07, 6.45) is 1.61. The molecule has 0 bridgehead atoms. The average Bonchev–Trinajstić information content (AvgIpc) is 2.32. The number of hydrogen-bond donors (Lipinski definition) is 2. The Balaban J connectivity index is 2.69. The largest absolute Gasteiger partial charge is 0.385 e. The molecule has 3 nitrogen and oxygen atoms in total. The number of carbonyl (C=O) groups excluding carboxylic acids is 1. The fraction of sp³-hybridized carbons (Fsp3) is 0.562. The molecule has 3 heteroatoms. The Kier molecular flexibility index (Phi) is 5.40. The van der Waals surface area contributed by atoms with Gasteiger partial charge in [-0.25, -0.2) is 0 Å². The van der Waals surface area contributed by atoms with Crippen LogP contribution < -0.4 is 10.6 Å². The summed E-state index contributed by atoms with van der Waals surface area (Å²) in [6.45, 7) is 11.5. The van der Waals surface area contributed by atoms with Crippen molar-refractivity contribution in [1.82, 2.24) is 0 Å². The molecule has 0 saturated heterocycles. The molecule has 0 aliphatic rings. The van der Waals surface area contributed by atoms with E-state index in [4.69, 9.17) is 0 Å². The van der Waals surface area contributed by atoms with E-state index in [1.54, 1.807) is 0 Å². The van der Waals surface area contributed by atoms with E-state index in [0.29, 0.717) is 11.8 Å². The summed E-state index contributed by atoms with van der Waals surface area (Å²) in [5.41, 5.74) is 3.42. The highest BCUT2D eigenvalue weighted by atomic mass is 16.1. The Hall–Kier alpha value is -1.51. The predicted molar refractivity (Wildman–Crippen MR) is 82.7 cm³/mol. The van der Waals surface area contributed by atoms with Gasteiger partial charge >= 0.3 is 0 Å². The van der Waals surface area contributed by atoms with E-state index in [-0.39, 0.29) is 5.91 Å². The summed E-state index contributed by atoms with van der Waals surface area (Å²) in [4.78, 5) is 11.5. The maximum absolute atomic E-state index is 11.5. The summed E-state index contributed by atoms with van der Waals surface area (Å²) >= 11 is 0. The third-order valence-electron chi connectivity index (χ3n) is 3.12. The second-order valence-electron chi connectivity index (χ2n) is 6.12. The summed E-state index contributed by atoms with van der Waals surface area (Å²) in [5, 5.41) is 6.38. The van der Waals surface area contributed by atoms with Gasteiger partial charge in [0.25, 0.3) is 0 Å². The molecule has 0 fully saturated rings. The lowest BCUT2D eigenvalue weighted by Crippen LogP contribution is -2.14. The molecule has 1 rings (SSSR count). The van der Waals surface area contributed by atoms with E-state index in [1.807, 2.05) is 26.0 Å². The van der Waals surface area contributed by atoms with Crippen molar-refractivity contribution in [3.05, 3.63) is 23.8 Å². The van der Waals surface area contributed by atoms with Crippen LogP contribution in [0.1, 0.15) is 46.1 Å². The van der Waals surface area contributed by atoms with Crippen LogP contribution in [0.15, 0.2) is 18.2 Å². The van der Waals surface area contributed by atoms with E-state index in [0.717, 1.165) is 29.9 Å². The van der Waals surface area contributed by atoms with Crippen molar-refractivity contribution in [2.24, 2.45) is 5.41 Å². The lowest BCUT2D eigenvalue weighted by atomic mass is 9.92. The zero-order valence-corrected chi connectivity index (χ0v) is 12.8. The van der Waals surface area contributed by atoms with E-state index >= 15 is 0 Å². The molecule has 0 unspecified atom stereocenters. The average molecular weight is 262 g/mol. The van der Waals surface area contributed by atoms with E-state index < -0.39 is 0 Å². The maximum Gasteiger partial charge on any atom is 0.224 e. The molecule has 0 spiro atoms. The second-order valence-corrected chi connectivity index (χ2v) is 6.12. The van der Waals surface area contributed by atoms with Crippen molar-refractivity contribution >= 4 is 17.3 Å². The van der Waals surface area contributed by atoms with Crippen molar-refractivity contribution in [3.8, 4) is 0 Å². The van der Waals surface area contributed by atoms with Gasteiger partial charge in [-0.05, 0) is 36.5 Å². The highest BCUT2D eigenvalue weighted by Gasteiger charge is 2.10. The Morgan fingerprint density at radius 1 is 1.21 bits per heavy atom. The Morgan fingerprint density at radius 3 is 2.42 bits per heavy atom. The van der Waals surface area contributed by atoms with Crippen molar-refractivity contribution in [2.75, 3.05) is 17.2 Å². The first kappa shape index (κ1) is 15.5. The van der Waals surface area contributed by atoms with E-state index in [2.05, 4.69) is 37.5 Å². The second kappa shape index (κ2) is 6.60. The molecule has 2 N–H and O–H groups in total. The first-order chi connectivity index (χ1) is 8.83. The Labute approximate surface area is 116 Å². The number of rotatable bonds is 5. The van der Waals surface area contributed by atoms with Crippen LogP contribution in [0.3, 0.4) is 0 Å². The molecule has 106 valence electrons. The van der Waals surface area contributed by atoms with Crippen LogP contribution >= 0.6 is 0 Å². The first-order valence-electron chi connectivity index (χ1n) is 6.97. The van der Waals surface area contributed by atoms with Gasteiger partial charge in [-0.1, -0.05) is 33.8 Å². The molecule has 0 aliphatic heterocycles. The fourth-order valence-corrected chi connectivity index (χ4v) is 1.77. The SMILES string of the molecule is CCC(=O)Nc1cccc(NCCC(C)(C)C)c1C. The third kappa shape index (κ3) is 5.33. The molecular formula is C16H26N2O.